The second kappa shape index (κ2) is 7.14. The molecule has 1 heterocycles. The second-order valence-corrected chi connectivity index (χ2v) is 8.27. The van der Waals surface area contributed by atoms with Crippen LogP contribution in [-0.4, -0.2) is 31.2 Å². The van der Waals surface area contributed by atoms with Gasteiger partial charge in [0, 0.05) is 12.5 Å². The number of carbonyl (C=O) groups is 1. The molecule has 1 aliphatic heterocycles. The van der Waals surface area contributed by atoms with E-state index in [9.17, 15) is 18.3 Å². The third-order valence-electron chi connectivity index (χ3n) is 4.65. The summed E-state index contributed by atoms with van der Waals surface area (Å²) in [6.07, 6.45) is 0.818. The summed E-state index contributed by atoms with van der Waals surface area (Å²) in [6, 6.07) is 15.7. The number of hydrogen-bond donors (Lipinski definition) is 3. The number of aromatic carboxylic acids is 1. The lowest BCUT2D eigenvalue weighted by Gasteiger charge is -2.11. The van der Waals surface area contributed by atoms with Crippen LogP contribution in [0.15, 0.2) is 65.6 Å². The molecule has 3 N–H and O–H groups in total. The fourth-order valence-corrected chi connectivity index (χ4v) is 4.29. The number of fused-ring (bicyclic) bond motifs is 1. The highest BCUT2D eigenvalue weighted by atomic mass is 32.2. The Morgan fingerprint density at radius 2 is 1.79 bits per heavy atom. The Balaban J connectivity index is 1.63. The Bertz CT molecular complexity index is 1220. The molecule has 0 fully saturated rings. The Labute approximate surface area is 167 Å². The van der Waals surface area contributed by atoms with Crippen LogP contribution < -0.4 is 9.46 Å². The van der Waals surface area contributed by atoms with Gasteiger partial charge in [0.1, 0.15) is 17.1 Å². The minimum atomic E-state index is -3.94. The van der Waals surface area contributed by atoms with Gasteiger partial charge in [-0.25, -0.2) is 13.2 Å². The predicted molar refractivity (Wildman–Crippen MR) is 107 cm³/mol. The molecule has 7 nitrogen and oxygen atoms in total. The van der Waals surface area contributed by atoms with Gasteiger partial charge in [0.05, 0.1) is 17.2 Å². The minimum absolute atomic E-state index is 0.0496. The van der Waals surface area contributed by atoms with Gasteiger partial charge in [-0.1, -0.05) is 18.2 Å². The molecule has 0 aromatic heterocycles. The Kier molecular flexibility index (Phi) is 4.63. The molecule has 0 radical (unpaired) electrons. The molecule has 8 heteroatoms. The molecule has 0 atom stereocenters. The minimum Gasteiger partial charge on any atom is -0.507 e. The number of ether oxygens (including phenoxy) is 1. The number of carboxylic acids is 1. The van der Waals surface area contributed by atoms with E-state index < -0.39 is 21.7 Å². The summed E-state index contributed by atoms with van der Waals surface area (Å²) in [4.78, 5) is 11.0. The topological polar surface area (TPSA) is 113 Å². The zero-order chi connectivity index (χ0) is 20.6. The summed E-state index contributed by atoms with van der Waals surface area (Å²) < 4.78 is 33.4. The summed E-state index contributed by atoms with van der Waals surface area (Å²) in [5, 5.41) is 18.7. The lowest BCUT2D eigenvalue weighted by Crippen LogP contribution is -2.13. The van der Waals surface area contributed by atoms with Gasteiger partial charge in [-0.2, -0.15) is 0 Å². The van der Waals surface area contributed by atoms with E-state index in [2.05, 4.69) is 4.72 Å². The average Bonchev–Trinajstić information content (AvgIpc) is 3.15. The number of sulfonamides is 1. The molecule has 0 saturated heterocycles. The summed E-state index contributed by atoms with van der Waals surface area (Å²) in [6.45, 7) is 0.643. The van der Waals surface area contributed by atoms with E-state index in [4.69, 9.17) is 9.84 Å². The highest BCUT2D eigenvalue weighted by molar-refractivity contribution is 7.92. The SMILES string of the molecule is O=C(O)c1ccc(NS(=O)(=O)c2cccc(-c3ccc4c(c3)CCO4)c2)cc1O. The van der Waals surface area contributed by atoms with Gasteiger partial charge in [-0.15, -0.1) is 0 Å². The molecule has 0 amide bonds. The maximum atomic E-state index is 12.8. The van der Waals surface area contributed by atoms with Gasteiger partial charge in [-0.3, -0.25) is 4.72 Å². The van der Waals surface area contributed by atoms with Gasteiger partial charge in [-0.05, 0) is 53.1 Å². The number of rotatable bonds is 5. The molecule has 4 rings (SSSR count). The fraction of sp³-hybridized carbons (Fsp3) is 0.0952. The molecule has 0 aliphatic carbocycles. The zero-order valence-corrected chi connectivity index (χ0v) is 15.9. The summed E-state index contributed by atoms with van der Waals surface area (Å²) in [5.41, 5.74) is 2.47. The van der Waals surface area contributed by atoms with Crippen LogP contribution in [0.4, 0.5) is 5.69 Å². The van der Waals surface area contributed by atoms with Gasteiger partial charge >= 0.3 is 5.97 Å². The van der Waals surface area contributed by atoms with Crippen molar-refractivity contribution in [2.45, 2.75) is 11.3 Å². The van der Waals surface area contributed by atoms with Crippen molar-refractivity contribution >= 4 is 21.7 Å². The molecule has 1 aliphatic rings. The number of carboxylic acid groups (broad SMARTS) is 1. The standard InChI is InChI=1S/C21H17NO6S/c23-19-12-16(5-6-18(19)21(24)25)22-29(26,27)17-3-1-2-13(11-17)14-4-7-20-15(10-14)8-9-28-20/h1-7,10-12,22-23H,8-9H2,(H,24,25). The van der Waals surface area contributed by atoms with Crippen LogP contribution in [0.25, 0.3) is 11.1 Å². The van der Waals surface area contributed by atoms with E-state index in [1.807, 2.05) is 24.3 Å². The Morgan fingerprint density at radius 1 is 1.00 bits per heavy atom. The van der Waals surface area contributed by atoms with Crippen LogP contribution in [0.3, 0.4) is 0 Å². The van der Waals surface area contributed by atoms with E-state index in [-0.39, 0.29) is 16.1 Å². The highest BCUT2D eigenvalue weighted by Gasteiger charge is 2.18. The quantitative estimate of drug-likeness (QED) is 0.592. The maximum absolute atomic E-state index is 12.8. The zero-order valence-electron chi connectivity index (χ0n) is 15.1. The van der Waals surface area contributed by atoms with Crippen molar-refractivity contribution in [2.24, 2.45) is 0 Å². The van der Waals surface area contributed by atoms with Gasteiger partial charge < -0.3 is 14.9 Å². The fourth-order valence-electron chi connectivity index (χ4n) is 3.20. The average molecular weight is 411 g/mol. The Hall–Kier alpha value is -3.52. The first-order chi connectivity index (χ1) is 13.8. The van der Waals surface area contributed by atoms with Crippen molar-refractivity contribution in [3.05, 3.63) is 71.8 Å². The Morgan fingerprint density at radius 3 is 2.55 bits per heavy atom. The molecule has 148 valence electrons. The van der Waals surface area contributed by atoms with Crippen molar-refractivity contribution in [2.75, 3.05) is 11.3 Å². The summed E-state index contributed by atoms with van der Waals surface area (Å²) in [7, 11) is -3.94. The lowest BCUT2D eigenvalue weighted by molar-refractivity contribution is 0.0694. The molecule has 3 aromatic rings. The second-order valence-electron chi connectivity index (χ2n) is 6.59. The maximum Gasteiger partial charge on any atom is 0.339 e. The normalized spacial score (nSPS) is 12.8. The summed E-state index contributed by atoms with van der Waals surface area (Å²) in [5.74, 6) is -0.972. The van der Waals surface area contributed by atoms with Crippen molar-refractivity contribution in [3.63, 3.8) is 0 Å². The van der Waals surface area contributed by atoms with Gasteiger partial charge in [0.2, 0.25) is 0 Å². The van der Waals surface area contributed by atoms with E-state index in [1.54, 1.807) is 12.1 Å². The van der Waals surface area contributed by atoms with Crippen molar-refractivity contribution in [1.82, 2.24) is 0 Å². The number of benzene rings is 3. The van der Waals surface area contributed by atoms with Crippen molar-refractivity contribution < 1.29 is 28.2 Å². The smallest absolute Gasteiger partial charge is 0.339 e. The third kappa shape index (κ3) is 3.74. The van der Waals surface area contributed by atoms with E-state index >= 15 is 0 Å². The number of nitrogens with one attached hydrogen (secondary N) is 1. The molecular weight excluding hydrogens is 394 g/mol. The molecule has 0 spiro atoms. The summed E-state index contributed by atoms with van der Waals surface area (Å²) >= 11 is 0. The van der Waals surface area contributed by atoms with Crippen LogP contribution in [-0.2, 0) is 16.4 Å². The number of anilines is 1. The number of hydrogen-bond acceptors (Lipinski definition) is 5. The predicted octanol–water partition coefficient (Wildman–Crippen LogP) is 3.49. The monoisotopic (exact) mass is 411 g/mol. The van der Waals surface area contributed by atoms with Crippen LogP contribution in [0.5, 0.6) is 11.5 Å². The first-order valence-electron chi connectivity index (χ1n) is 8.79. The van der Waals surface area contributed by atoms with Gasteiger partial charge in [0.15, 0.2) is 0 Å². The van der Waals surface area contributed by atoms with E-state index in [0.29, 0.717) is 6.61 Å². The van der Waals surface area contributed by atoms with Crippen molar-refractivity contribution in [3.8, 4) is 22.6 Å². The molecule has 0 bridgehead atoms. The molecule has 29 heavy (non-hydrogen) atoms. The largest absolute Gasteiger partial charge is 0.507 e. The first kappa shape index (κ1) is 18.8. The third-order valence-corrected chi connectivity index (χ3v) is 6.03. The molecule has 3 aromatic carbocycles. The van der Waals surface area contributed by atoms with E-state index in [1.165, 1.54) is 12.1 Å². The van der Waals surface area contributed by atoms with E-state index in [0.717, 1.165) is 41.0 Å². The van der Waals surface area contributed by atoms with Crippen LogP contribution >= 0.6 is 0 Å². The van der Waals surface area contributed by atoms with Crippen LogP contribution in [0.2, 0.25) is 0 Å². The lowest BCUT2D eigenvalue weighted by atomic mass is 10.0. The molecule has 0 unspecified atom stereocenters. The van der Waals surface area contributed by atoms with Crippen LogP contribution in [0, 0.1) is 0 Å². The van der Waals surface area contributed by atoms with Crippen LogP contribution in [0.1, 0.15) is 15.9 Å². The molecule has 0 saturated carbocycles. The van der Waals surface area contributed by atoms with Gasteiger partial charge in [0.25, 0.3) is 10.0 Å². The first-order valence-corrected chi connectivity index (χ1v) is 10.3. The molecular formula is C21H17NO6S. The van der Waals surface area contributed by atoms with Crippen molar-refractivity contribution in [1.29, 1.82) is 0 Å². The highest BCUT2D eigenvalue weighted by Crippen LogP contribution is 2.32. The number of aromatic hydroxyl groups is 1. The number of phenols is 1.